The zero-order valence-corrected chi connectivity index (χ0v) is 19.8. The van der Waals surface area contributed by atoms with E-state index in [9.17, 15) is 4.57 Å². The van der Waals surface area contributed by atoms with Crippen molar-refractivity contribution in [3.05, 3.63) is 48.5 Å². The van der Waals surface area contributed by atoms with Crippen LogP contribution in [0.4, 0.5) is 0 Å². The lowest BCUT2D eigenvalue weighted by atomic mass is 10.1. The summed E-state index contributed by atoms with van der Waals surface area (Å²) in [6.07, 6.45) is 0. The Labute approximate surface area is 187 Å². The zero-order chi connectivity index (χ0) is 22.7. The Morgan fingerprint density at radius 1 is 1.12 bits per heavy atom. The number of nitrogens with zero attached hydrogens (tertiary/aromatic N) is 3. The molecule has 4 aromatic rings. The summed E-state index contributed by atoms with van der Waals surface area (Å²) in [6, 6.07) is 15.7. The number of aromatic amines is 1. The Morgan fingerprint density at radius 3 is 2.66 bits per heavy atom. The molecular formula is C23H29N4O4P. The Bertz CT molecular complexity index is 1260. The first kappa shape index (κ1) is 22.4. The van der Waals surface area contributed by atoms with Crippen LogP contribution in [0.2, 0.25) is 0 Å². The smallest absolute Gasteiger partial charge is 0.396 e. The predicted octanol–water partition coefficient (Wildman–Crippen LogP) is 4.80. The molecule has 2 aromatic heterocycles. The fourth-order valence-electron chi connectivity index (χ4n) is 3.63. The van der Waals surface area contributed by atoms with Gasteiger partial charge >= 0.3 is 7.60 Å². The van der Waals surface area contributed by atoms with Crippen molar-refractivity contribution in [2.75, 3.05) is 40.0 Å². The molecule has 0 saturated carbocycles. The number of para-hydroxylation sites is 1. The fraction of sp³-hybridized carbons (Fsp3) is 0.348. The summed E-state index contributed by atoms with van der Waals surface area (Å²) < 4.78 is 28.8. The predicted molar refractivity (Wildman–Crippen MR) is 127 cm³/mol. The van der Waals surface area contributed by atoms with Crippen molar-refractivity contribution in [2.24, 2.45) is 0 Å². The van der Waals surface area contributed by atoms with Crippen LogP contribution in [-0.2, 0) is 9.09 Å². The second-order valence-corrected chi connectivity index (χ2v) is 9.65. The van der Waals surface area contributed by atoms with Crippen LogP contribution < -0.4 is 9.36 Å². The van der Waals surface area contributed by atoms with Crippen molar-refractivity contribution < 1.29 is 18.5 Å². The van der Waals surface area contributed by atoms with Crippen LogP contribution in [0, 0.1) is 0 Å². The molecule has 0 aliphatic rings. The van der Waals surface area contributed by atoms with Crippen molar-refractivity contribution in [3.63, 3.8) is 0 Å². The van der Waals surface area contributed by atoms with E-state index in [1.54, 1.807) is 0 Å². The van der Waals surface area contributed by atoms with Crippen molar-refractivity contribution >= 4 is 29.4 Å². The van der Waals surface area contributed by atoms with E-state index in [0.717, 1.165) is 47.4 Å². The van der Waals surface area contributed by atoms with Crippen LogP contribution in [0.3, 0.4) is 0 Å². The summed E-state index contributed by atoms with van der Waals surface area (Å²) in [5, 5.41) is 6.48. The molecule has 0 radical (unpaired) electrons. The lowest BCUT2D eigenvalue weighted by Crippen LogP contribution is -2.27. The van der Waals surface area contributed by atoms with Crippen LogP contribution in [0.15, 0.2) is 48.5 Å². The van der Waals surface area contributed by atoms with Gasteiger partial charge in [-0.1, -0.05) is 36.9 Å². The molecule has 170 valence electrons. The number of nitrogens with one attached hydrogen (secondary N) is 1. The highest BCUT2D eigenvalue weighted by atomic mass is 31.2. The average molecular weight is 456 g/mol. The minimum atomic E-state index is -3.27. The topological polar surface area (TPSA) is 81.6 Å². The van der Waals surface area contributed by atoms with Crippen LogP contribution in [0.5, 0.6) is 5.75 Å². The number of hydrogen-bond acceptors (Lipinski definition) is 6. The molecule has 0 amide bonds. The molecule has 1 unspecified atom stereocenters. The van der Waals surface area contributed by atoms with Gasteiger partial charge in [0.2, 0.25) is 0 Å². The quantitative estimate of drug-likeness (QED) is 0.345. The van der Waals surface area contributed by atoms with E-state index in [1.807, 2.05) is 48.5 Å². The van der Waals surface area contributed by atoms with Gasteiger partial charge in [0, 0.05) is 29.9 Å². The SMILES string of the molecule is CCN(CC)CCOc1ccc2[nH]c(-c3nn(OP(C)(=O)OC)c4ccccc34)cc2c1. The van der Waals surface area contributed by atoms with Gasteiger partial charge in [0.15, 0.2) is 0 Å². The van der Waals surface area contributed by atoms with E-state index in [1.165, 1.54) is 18.6 Å². The second-order valence-electron chi connectivity index (χ2n) is 7.58. The van der Waals surface area contributed by atoms with Gasteiger partial charge in [-0.2, -0.15) is 0 Å². The van der Waals surface area contributed by atoms with E-state index in [2.05, 4.69) is 28.8 Å². The Morgan fingerprint density at radius 2 is 1.91 bits per heavy atom. The van der Waals surface area contributed by atoms with Gasteiger partial charge in [-0.05, 0) is 43.4 Å². The number of H-pyrrole nitrogens is 1. The van der Waals surface area contributed by atoms with Crippen LogP contribution in [0.25, 0.3) is 33.2 Å². The van der Waals surface area contributed by atoms with E-state index < -0.39 is 7.60 Å². The third kappa shape index (κ3) is 4.67. The maximum absolute atomic E-state index is 12.4. The standard InChI is InChI=1S/C23H29N4O4P/c1-5-26(6-2)13-14-30-18-11-12-20-17(15-18)16-21(24-20)23-19-9-7-8-10-22(19)27(25-23)31-32(4,28)29-3/h7-12,15-16,24H,5-6,13-14H2,1-4H3. The van der Waals surface area contributed by atoms with E-state index in [-0.39, 0.29) is 0 Å². The number of hydrogen-bond donors (Lipinski definition) is 1. The maximum Gasteiger partial charge on any atom is 0.396 e. The number of aromatic nitrogens is 3. The van der Waals surface area contributed by atoms with Crippen molar-refractivity contribution in [2.45, 2.75) is 13.8 Å². The first-order valence-electron chi connectivity index (χ1n) is 10.7. The Balaban J connectivity index is 1.63. The molecular weight excluding hydrogens is 427 g/mol. The average Bonchev–Trinajstić information content (AvgIpc) is 3.38. The van der Waals surface area contributed by atoms with Crippen LogP contribution >= 0.6 is 7.60 Å². The van der Waals surface area contributed by atoms with Gasteiger partial charge in [0.1, 0.15) is 23.6 Å². The zero-order valence-electron chi connectivity index (χ0n) is 18.9. The summed E-state index contributed by atoms with van der Waals surface area (Å²) >= 11 is 0. The molecule has 2 aromatic carbocycles. The first-order valence-corrected chi connectivity index (χ1v) is 12.7. The number of ether oxygens (including phenoxy) is 1. The minimum absolute atomic E-state index is 0.646. The third-order valence-electron chi connectivity index (χ3n) is 5.53. The summed E-state index contributed by atoms with van der Waals surface area (Å²) in [4.78, 5) is 7.03. The van der Waals surface area contributed by atoms with E-state index in [0.29, 0.717) is 17.8 Å². The van der Waals surface area contributed by atoms with Gasteiger partial charge in [0.25, 0.3) is 0 Å². The molecule has 0 saturated heterocycles. The highest BCUT2D eigenvalue weighted by Crippen LogP contribution is 2.40. The number of benzene rings is 2. The Hall–Kier alpha value is -2.80. The van der Waals surface area contributed by atoms with Crippen molar-refractivity contribution in [1.29, 1.82) is 0 Å². The molecule has 4 rings (SSSR count). The summed E-state index contributed by atoms with van der Waals surface area (Å²) in [6.45, 7) is 9.30. The second kappa shape index (κ2) is 9.36. The highest BCUT2D eigenvalue weighted by molar-refractivity contribution is 7.53. The summed E-state index contributed by atoms with van der Waals surface area (Å²) in [7, 11) is -1.91. The summed E-state index contributed by atoms with van der Waals surface area (Å²) in [5.41, 5.74) is 3.23. The summed E-state index contributed by atoms with van der Waals surface area (Å²) in [5.74, 6) is 0.834. The van der Waals surface area contributed by atoms with E-state index >= 15 is 0 Å². The van der Waals surface area contributed by atoms with Gasteiger partial charge < -0.3 is 23.8 Å². The molecule has 9 heteroatoms. The molecule has 0 spiro atoms. The largest absolute Gasteiger partial charge is 0.492 e. The number of fused-ring (bicyclic) bond motifs is 2. The lowest BCUT2D eigenvalue weighted by Gasteiger charge is -2.17. The Kier molecular flexibility index (Phi) is 6.55. The van der Waals surface area contributed by atoms with Crippen molar-refractivity contribution in [1.82, 2.24) is 19.8 Å². The van der Waals surface area contributed by atoms with Crippen LogP contribution in [-0.4, -0.2) is 59.8 Å². The number of likely N-dealkylation sites (N-methyl/N-ethyl adjacent to an activating group) is 1. The number of rotatable bonds is 10. The monoisotopic (exact) mass is 456 g/mol. The first-order chi connectivity index (χ1) is 15.4. The molecule has 0 aliphatic heterocycles. The van der Waals surface area contributed by atoms with E-state index in [4.69, 9.17) is 13.9 Å². The van der Waals surface area contributed by atoms with Gasteiger partial charge in [-0.25, -0.2) is 4.57 Å². The maximum atomic E-state index is 12.4. The molecule has 8 nitrogen and oxygen atoms in total. The minimum Gasteiger partial charge on any atom is -0.492 e. The molecule has 32 heavy (non-hydrogen) atoms. The van der Waals surface area contributed by atoms with Gasteiger partial charge in [-0.15, -0.1) is 5.10 Å². The molecule has 1 atom stereocenters. The van der Waals surface area contributed by atoms with Crippen LogP contribution in [0.1, 0.15) is 13.8 Å². The molecule has 0 bridgehead atoms. The molecule has 2 heterocycles. The van der Waals surface area contributed by atoms with Gasteiger partial charge in [0.05, 0.1) is 12.4 Å². The fourth-order valence-corrected chi connectivity index (χ4v) is 4.11. The van der Waals surface area contributed by atoms with Gasteiger partial charge in [-0.3, -0.25) is 0 Å². The third-order valence-corrected chi connectivity index (χ3v) is 6.65. The molecule has 0 aliphatic carbocycles. The van der Waals surface area contributed by atoms with Crippen molar-refractivity contribution in [3.8, 4) is 17.1 Å². The molecule has 1 N–H and O–H groups in total. The normalized spacial score (nSPS) is 13.7. The highest BCUT2D eigenvalue weighted by Gasteiger charge is 2.21. The lowest BCUT2D eigenvalue weighted by molar-refractivity contribution is 0.198. The molecule has 0 fully saturated rings.